The first-order valence-corrected chi connectivity index (χ1v) is 9.08. The second kappa shape index (κ2) is 6.72. The maximum atomic E-state index is 12.9. The summed E-state index contributed by atoms with van der Waals surface area (Å²) in [5.41, 5.74) is 2.91. The molecule has 3 rings (SSSR count). The number of anilines is 1. The van der Waals surface area contributed by atoms with Crippen LogP contribution in [0, 0.1) is 20.8 Å². The van der Waals surface area contributed by atoms with Gasteiger partial charge < -0.3 is 15.0 Å². The number of carbonyl (C=O) groups is 2. The molecule has 0 spiro atoms. The predicted octanol–water partition coefficient (Wildman–Crippen LogP) is 2.26. The fourth-order valence-corrected chi connectivity index (χ4v) is 3.45. The van der Waals surface area contributed by atoms with E-state index in [1.807, 2.05) is 44.5 Å². The monoisotopic (exact) mass is 370 g/mol. The number of hydrogen-bond acceptors (Lipinski definition) is 4. The Morgan fingerprint density at radius 1 is 1.30 bits per heavy atom. The van der Waals surface area contributed by atoms with Crippen molar-refractivity contribution in [3.8, 4) is 5.75 Å². The summed E-state index contributed by atoms with van der Waals surface area (Å²) in [6.07, 6.45) is 0. The molecule has 1 aromatic heterocycles. The van der Waals surface area contributed by atoms with Crippen LogP contribution in [0.1, 0.15) is 36.4 Å². The smallest absolute Gasteiger partial charge is 0.280 e. The normalized spacial score (nSPS) is 18.9. The average molecular weight is 370 g/mol. The van der Waals surface area contributed by atoms with Gasteiger partial charge in [-0.15, -0.1) is 0 Å². The first-order chi connectivity index (χ1) is 12.7. The molecule has 2 amide bonds. The minimum absolute atomic E-state index is 0.299. The Balaban J connectivity index is 1.83. The summed E-state index contributed by atoms with van der Waals surface area (Å²) in [5, 5.41) is 7.32. The van der Waals surface area contributed by atoms with E-state index in [4.69, 9.17) is 4.74 Å². The number of carbonyl (C=O) groups excluding carboxylic acids is 2. The van der Waals surface area contributed by atoms with E-state index < -0.39 is 17.4 Å². The van der Waals surface area contributed by atoms with E-state index in [2.05, 4.69) is 10.4 Å². The van der Waals surface area contributed by atoms with Gasteiger partial charge in [-0.2, -0.15) is 5.10 Å². The summed E-state index contributed by atoms with van der Waals surface area (Å²) in [7, 11) is 1.66. The minimum atomic E-state index is -1.61. The van der Waals surface area contributed by atoms with Gasteiger partial charge in [0.25, 0.3) is 17.4 Å². The maximum Gasteiger partial charge on any atom is 0.280 e. The van der Waals surface area contributed by atoms with Crippen molar-refractivity contribution in [2.45, 2.75) is 53.3 Å². The molecule has 7 nitrogen and oxygen atoms in total. The van der Waals surface area contributed by atoms with Crippen molar-refractivity contribution in [1.82, 2.24) is 15.1 Å². The zero-order valence-corrected chi connectivity index (χ0v) is 16.7. The Labute approximate surface area is 159 Å². The number of hydrogen-bond donors (Lipinski definition) is 1. The molecule has 2 heterocycles. The highest BCUT2D eigenvalue weighted by atomic mass is 16.5. The van der Waals surface area contributed by atoms with Crippen LogP contribution in [0.5, 0.6) is 5.75 Å². The molecule has 0 fully saturated rings. The highest BCUT2D eigenvalue weighted by molar-refractivity contribution is 6.16. The first kappa shape index (κ1) is 18.9. The van der Waals surface area contributed by atoms with Crippen LogP contribution in [-0.4, -0.2) is 34.2 Å². The van der Waals surface area contributed by atoms with Crippen LogP contribution in [0.2, 0.25) is 0 Å². The molecule has 0 saturated heterocycles. The van der Waals surface area contributed by atoms with Crippen LogP contribution in [0.4, 0.5) is 5.69 Å². The van der Waals surface area contributed by atoms with E-state index in [0.717, 1.165) is 29.1 Å². The van der Waals surface area contributed by atoms with Crippen molar-refractivity contribution >= 4 is 17.5 Å². The maximum absolute atomic E-state index is 12.9. The molecule has 1 aliphatic heterocycles. The molecule has 2 aromatic rings. The van der Waals surface area contributed by atoms with Crippen molar-refractivity contribution in [2.75, 3.05) is 11.9 Å². The van der Waals surface area contributed by atoms with Crippen LogP contribution < -0.4 is 15.0 Å². The lowest BCUT2D eigenvalue weighted by molar-refractivity contribution is -0.148. The van der Waals surface area contributed by atoms with Gasteiger partial charge in [0, 0.05) is 31.4 Å². The van der Waals surface area contributed by atoms with Gasteiger partial charge in [0.05, 0.1) is 11.4 Å². The number of aromatic nitrogens is 2. The fourth-order valence-electron chi connectivity index (χ4n) is 3.45. The lowest BCUT2D eigenvalue weighted by Crippen LogP contribution is -2.61. The van der Waals surface area contributed by atoms with E-state index in [1.54, 1.807) is 13.1 Å². The van der Waals surface area contributed by atoms with Gasteiger partial charge >= 0.3 is 0 Å². The van der Waals surface area contributed by atoms with Crippen LogP contribution in [0.3, 0.4) is 0 Å². The number of amides is 2. The third-order valence-electron chi connectivity index (χ3n) is 5.19. The van der Waals surface area contributed by atoms with E-state index in [-0.39, 0.29) is 0 Å². The number of ether oxygens (including phenoxy) is 1. The summed E-state index contributed by atoms with van der Waals surface area (Å²) in [5.74, 6) is -0.337. The van der Waals surface area contributed by atoms with Crippen molar-refractivity contribution in [1.29, 1.82) is 0 Å². The molecule has 0 bridgehead atoms. The van der Waals surface area contributed by atoms with Gasteiger partial charge in [-0.3, -0.25) is 14.3 Å². The molecule has 1 aliphatic rings. The lowest BCUT2D eigenvalue weighted by atomic mass is 9.99. The number of aryl methyl sites for hydroxylation is 3. The first-order valence-electron chi connectivity index (χ1n) is 9.08. The Bertz CT molecular complexity index is 918. The number of fused-ring (bicyclic) bond motifs is 1. The van der Waals surface area contributed by atoms with Gasteiger partial charge in [0.15, 0.2) is 0 Å². The van der Waals surface area contributed by atoms with Gasteiger partial charge in [-0.05, 0) is 52.3 Å². The number of nitrogens with one attached hydrogen (secondary N) is 1. The molecule has 7 heteroatoms. The van der Waals surface area contributed by atoms with Gasteiger partial charge in [-0.1, -0.05) is 6.07 Å². The van der Waals surface area contributed by atoms with Crippen molar-refractivity contribution in [3.05, 3.63) is 40.7 Å². The molecule has 1 aromatic carbocycles. The highest BCUT2D eigenvalue weighted by Gasteiger charge is 2.49. The SMILES string of the molecule is CCn1nc(C)c(CNC(=O)C2(C)Oc3ccc(C)cc3N(C)C2=O)c1C. The van der Waals surface area contributed by atoms with E-state index >= 15 is 0 Å². The summed E-state index contributed by atoms with van der Waals surface area (Å²) in [6, 6.07) is 5.56. The van der Waals surface area contributed by atoms with E-state index in [1.165, 1.54) is 11.8 Å². The number of likely N-dealkylation sites (N-methyl/N-ethyl adjacent to an activating group) is 1. The molecule has 1 atom stereocenters. The Kier molecular flexibility index (Phi) is 4.71. The minimum Gasteiger partial charge on any atom is -0.466 e. The molecular weight excluding hydrogens is 344 g/mol. The second-order valence-electron chi connectivity index (χ2n) is 7.12. The molecule has 0 radical (unpaired) electrons. The summed E-state index contributed by atoms with van der Waals surface area (Å²) >= 11 is 0. The molecule has 1 unspecified atom stereocenters. The second-order valence-corrected chi connectivity index (χ2v) is 7.12. The number of rotatable bonds is 4. The zero-order chi connectivity index (χ0) is 19.9. The Hall–Kier alpha value is -2.83. The molecule has 0 saturated carbocycles. The van der Waals surface area contributed by atoms with Crippen LogP contribution in [0.25, 0.3) is 0 Å². The molecular formula is C20H26N4O3. The average Bonchev–Trinajstić information content (AvgIpc) is 2.92. The Morgan fingerprint density at radius 3 is 2.63 bits per heavy atom. The third kappa shape index (κ3) is 3.07. The Morgan fingerprint density at radius 2 is 2.00 bits per heavy atom. The van der Waals surface area contributed by atoms with Crippen LogP contribution in [0.15, 0.2) is 18.2 Å². The third-order valence-corrected chi connectivity index (χ3v) is 5.19. The zero-order valence-electron chi connectivity index (χ0n) is 16.7. The van der Waals surface area contributed by atoms with Crippen LogP contribution in [-0.2, 0) is 22.7 Å². The number of benzene rings is 1. The molecule has 0 aliphatic carbocycles. The highest BCUT2D eigenvalue weighted by Crippen LogP contribution is 2.37. The molecule has 1 N–H and O–H groups in total. The van der Waals surface area contributed by atoms with Crippen molar-refractivity contribution in [2.24, 2.45) is 0 Å². The van der Waals surface area contributed by atoms with Crippen LogP contribution >= 0.6 is 0 Å². The van der Waals surface area contributed by atoms with E-state index in [9.17, 15) is 9.59 Å². The number of nitrogens with zero attached hydrogens (tertiary/aromatic N) is 3. The quantitative estimate of drug-likeness (QED) is 0.838. The van der Waals surface area contributed by atoms with Gasteiger partial charge in [0.2, 0.25) is 0 Å². The standard InChI is InChI=1S/C20H26N4O3/c1-7-24-14(4)15(13(3)22-24)11-21-18(25)20(5)19(26)23(6)16-10-12(2)8-9-17(16)27-20/h8-10H,7,11H2,1-6H3,(H,21,25). The topological polar surface area (TPSA) is 76.5 Å². The molecule has 27 heavy (non-hydrogen) atoms. The summed E-state index contributed by atoms with van der Waals surface area (Å²) in [4.78, 5) is 27.3. The van der Waals surface area contributed by atoms with Gasteiger partial charge in [-0.25, -0.2) is 0 Å². The van der Waals surface area contributed by atoms with E-state index in [0.29, 0.717) is 18.0 Å². The van der Waals surface area contributed by atoms with Crippen molar-refractivity contribution in [3.63, 3.8) is 0 Å². The lowest BCUT2D eigenvalue weighted by Gasteiger charge is -2.38. The molecule has 144 valence electrons. The van der Waals surface area contributed by atoms with Gasteiger partial charge in [0.1, 0.15) is 5.75 Å². The summed E-state index contributed by atoms with van der Waals surface area (Å²) < 4.78 is 7.77. The largest absolute Gasteiger partial charge is 0.466 e. The predicted molar refractivity (Wildman–Crippen MR) is 103 cm³/mol. The summed E-state index contributed by atoms with van der Waals surface area (Å²) in [6.45, 7) is 10.4. The van der Waals surface area contributed by atoms with Crippen molar-refractivity contribution < 1.29 is 14.3 Å². The fraction of sp³-hybridized carbons (Fsp3) is 0.450.